The molecule has 126 valence electrons. The van der Waals surface area contributed by atoms with Crippen molar-refractivity contribution in [3.63, 3.8) is 0 Å². The molecule has 1 aromatic heterocycles. The Labute approximate surface area is 139 Å². The van der Waals surface area contributed by atoms with Crippen LogP contribution in [0.25, 0.3) is 0 Å². The number of hydrogen-bond donors (Lipinski definition) is 1. The maximum atomic E-state index is 12.4. The predicted octanol–water partition coefficient (Wildman–Crippen LogP) is 1.20. The first kappa shape index (κ1) is 16.2. The lowest BCUT2D eigenvalue weighted by molar-refractivity contribution is -0.139. The molecule has 1 aliphatic heterocycles. The van der Waals surface area contributed by atoms with E-state index in [1.54, 1.807) is 29.2 Å². The lowest BCUT2D eigenvalue weighted by Crippen LogP contribution is -2.34. The number of hydrogen-bond acceptors (Lipinski definition) is 6. The number of methoxy groups -OCH3 is 1. The third-order valence-corrected chi connectivity index (χ3v) is 3.89. The smallest absolute Gasteiger partial charge is 0.256 e. The van der Waals surface area contributed by atoms with Crippen molar-refractivity contribution >= 4 is 5.91 Å². The molecule has 1 fully saturated rings. The number of nitrogens with zero attached hydrogens (tertiary/aromatic N) is 3. The van der Waals surface area contributed by atoms with E-state index in [1.807, 2.05) is 6.07 Å². The quantitative estimate of drug-likeness (QED) is 0.887. The summed E-state index contributed by atoms with van der Waals surface area (Å²) in [6.07, 6.45) is 2.34. The molecule has 0 spiro atoms. The van der Waals surface area contributed by atoms with Gasteiger partial charge in [-0.25, -0.2) is 0 Å². The third kappa shape index (κ3) is 3.62. The van der Waals surface area contributed by atoms with Gasteiger partial charge in [-0.3, -0.25) is 9.78 Å². The van der Waals surface area contributed by atoms with Crippen LogP contribution in [0.3, 0.4) is 0 Å². The molecule has 2 unspecified atom stereocenters. The average Bonchev–Trinajstić information content (AvgIpc) is 3.09. The van der Waals surface area contributed by atoms with E-state index >= 15 is 0 Å². The van der Waals surface area contributed by atoms with E-state index in [4.69, 9.17) is 9.47 Å². The van der Waals surface area contributed by atoms with Crippen molar-refractivity contribution in [2.75, 3.05) is 20.2 Å². The number of rotatable bonds is 5. The van der Waals surface area contributed by atoms with Crippen LogP contribution < -0.4 is 9.47 Å². The summed E-state index contributed by atoms with van der Waals surface area (Å²) < 4.78 is 10.8. The summed E-state index contributed by atoms with van der Waals surface area (Å²) in [6.45, 7) is 0.937. The summed E-state index contributed by atoms with van der Waals surface area (Å²) in [7, 11) is 1.51. The molecule has 1 aliphatic rings. The van der Waals surface area contributed by atoms with Crippen molar-refractivity contribution < 1.29 is 19.4 Å². The molecule has 7 heteroatoms. The minimum atomic E-state index is -1.15. The first-order valence-electron chi connectivity index (χ1n) is 7.72. The Morgan fingerprint density at radius 3 is 2.79 bits per heavy atom. The maximum Gasteiger partial charge on any atom is 0.256 e. The third-order valence-electron chi connectivity index (χ3n) is 3.89. The zero-order valence-corrected chi connectivity index (χ0v) is 13.3. The Bertz CT molecular complexity index is 695. The average molecular weight is 329 g/mol. The van der Waals surface area contributed by atoms with E-state index in [-0.39, 0.29) is 12.0 Å². The number of aliphatic hydroxyl groups is 1. The van der Waals surface area contributed by atoms with Gasteiger partial charge in [0.2, 0.25) is 11.8 Å². The molecule has 0 saturated carbocycles. The van der Waals surface area contributed by atoms with Crippen LogP contribution in [-0.4, -0.2) is 52.2 Å². The van der Waals surface area contributed by atoms with E-state index in [2.05, 4.69) is 9.97 Å². The van der Waals surface area contributed by atoms with Gasteiger partial charge < -0.3 is 19.5 Å². The van der Waals surface area contributed by atoms with Crippen LogP contribution in [-0.2, 0) is 4.79 Å². The number of benzene rings is 1. The van der Waals surface area contributed by atoms with Crippen LogP contribution in [0.5, 0.6) is 11.8 Å². The Morgan fingerprint density at radius 1 is 1.29 bits per heavy atom. The van der Waals surface area contributed by atoms with E-state index in [9.17, 15) is 9.90 Å². The molecule has 2 aromatic rings. The first-order valence-corrected chi connectivity index (χ1v) is 7.72. The first-order chi connectivity index (χ1) is 11.7. The number of aromatic nitrogens is 2. The molecule has 1 N–H and O–H groups in total. The molecule has 7 nitrogen and oxygen atoms in total. The number of aliphatic hydroxyl groups excluding tert-OH is 1. The van der Waals surface area contributed by atoms with Gasteiger partial charge in [0.05, 0.1) is 26.0 Å². The number of ether oxygens (including phenoxy) is 2. The SMILES string of the molecule is COc1cncc(OC2CCN(C(=O)C(O)c3ccccc3)C2)n1. The van der Waals surface area contributed by atoms with Crippen LogP contribution >= 0.6 is 0 Å². The number of carbonyl (C=O) groups excluding carboxylic acids is 1. The highest BCUT2D eigenvalue weighted by molar-refractivity contribution is 5.82. The fourth-order valence-corrected chi connectivity index (χ4v) is 2.63. The Morgan fingerprint density at radius 2 is 2.04 bits per heavy atom. The molecular formula is C17H19N3O4. The molecule has 24 heavy (non-hydrogen) atoms. The number of likely N-dealkylation sites (tertiary alicyclic amines) is 1. The van der Waals surface area contributed by atoms with Gasteiger partial charge in [-0.15, -0.1) is 0 Å². The number of carbonyl (C=O) groups is 1. The van der Waals surface area contributed by atoms with Crippen LogP contribution in [0.4, 0.5) is 0 Å². The van der Waals surface area contributed by atoms with Crippen molar-refractivity contribution in [1.29, 1.82) is 0 Å². The minimum absolute atomic E-state index is 0.182. The van der Waals surface area contributed by atoms with Crippen molar-refractivity contribution in [2.24, 2.45) is 0 Å². The molecule has 0 radical (unpaired) electrons. The number of amides is 1. The van der Waals surface area contributed by atoms with Gasteiger partial charge >= 0.3 is 0 Å². The zero-order valence-electron chi connectivity index (χ0n) is 13.3. The topological polar surface area (TPSA) is 84.8 Å². The standard InChI is InChI=1S/C17H19N3O4/c1-23-14-9-18-10-15(19-14)24-13-7-8-20(11-13)17(22)16(21)12-5-3-2-4-6-12/h2-6,9-10,13,16,21H,7-8,11H2,1H3. The van der Waals surface area contributed by atoms with Gasteiger partial charge in [-0.1, -0.05) is 30.3 Å². The summed E-state index contributed by atoms with van der Waals surface area (Å²) in [5.41, 5.74) is 0.588. The summed E-state index contributed by atoms with van der Waals surface area (Å²) in [6, 6.07) is 8.90. The van der Waals surface area contributed by atoms with Gasteiger partial charge in [0.25, 0.3) is 5.91 Å². The lowest BCUT2D eigenvalue weighted by atomic mass is 10.1. The summed E-state index contributed by atoms with van der Waals surface area (Å²) in [5.74, 6) is 0.416. The normalized spacial score (nSPS) is 18.2. The van der Waals surface area contributed by atoms with Crippen molar-refractivity contribution in [3.8, 4) is 11.8 Å². The van der Waals surface area contributed by atoms with Gasteiger partial charge in [0.1, 0.15) is 6.10 Å². The molecule has 2 atom stereocenters. The second-order valence-electron chi connectivity index (χ2n) is 5.53. The summed E-state index contributed by atoms with van der Waals surface area (Å²) >= 11 is 0. The minimum Gasteiger partial charge on any atom is -0.480 e. The van der Waals surface area contributed by atoms with E-state index in [0.717, 1.165) is 0 Å². The van der Waals surface area contributed by atoms with E-state index in [1.165, 1.54) is 19.5 Å². The van der Waals surface area contributed by atoms with Crippen LogP contribution in [0.2, 0.25) is 0 Å². The Balaban J connectivity index is 1.59. The predicted molar refractivity (Wildman–Crippen MR) is 85.6 cm³/mol. The van der Waals surface area contributed by atoms with Crippen LogP contribution in [0, 0.1) is 0 Å². The molecule has 1 amide bonds. The second-order valence-corrected chi connectivity index (χ2v) is 5.53. The zero-order chi connectivity index (χ0) is 16.9. The van der Waals surface area contributed by atoms with Gasteiger partial charge in [0, 0.05) is 13.0 Å². The molecule has 1 saturated heterocycles. The van der Waals surface area contributed by atoms with Crippen LogP contribution in [0.15, 0.2) is 42.7 Å². The molecular weight excluding hydrogens is 310 g/mol. The fourth-order valence-electron chi connectivity index (χ4n) is 2.63. The van der Waals surface area contributed by atoms with Gasteiger partial charge in [0.15, 0.2) is 6.10 Å². The Hall–Kier alpha value is -2.67. The molecule has 2 heterocycles. The largest absolute Gasteiger partial charge is 0.480 e. The molecule has 1 aromatic carbocycles. The van der Waals surface area contributed by atoms with E-state index in [0.29, 0.717) is 36.8 Å². The molecule has 3 rings (SSSR count). The van der Waals surface area contributed by atoms with Crippen molar-refractivity contribution in [3.05, 3.63) is 48.3 Å². The molecule has 0 bridgehead atoms. The maximum absolute atomic E-state index is 12.4. The monoisotopic (exact) mass is 329 g/mol. The second kappa shape index (κ2) is 7.27. The molecule has 0 aliphatic carbocycles. The van der Waals surface area contributed by atoms with Crippen molar-refractivity contribution in [2.45, 2.75) is 18.6 Å². The highest BCUT2D eigenvalue weighted by atomic mass is 16.5. The highest BCUT2D eigenvalue weighted by Crippen LogP contribution is 2.22. The lowest BCUT2D eigenvalue weighted by Gasteiger charge is -2.20. The summed E-state index contributed by atoms with van der Waals surface area (Å²) in [5, 5.41) is 10.2. The van der Waals surface area contributed by atoms with Gasteiger partial charge in [-0.05, 0) is 5.56 Å². The summed E-state index contributed by atoms with van der Waals surface area (Å²) in [4.78, 5) is 22.2. The highest BCUT2D eigenvalue weighted by Gasteiger charge is 2.31. The van der Waals surface area contributed by atoms with E-state index < -0.39 is 6.10 Å². The van der Waals surface area contributed by atoms with Crippen molar-refractivity contribution in [1.82, 2.24) is 14.9 Å². The Kier molecular flexibility index (Phi) is 4.90. The van der Waals surface area contributed by atoms with Crippen LogP contribution in [0.1, 0.15) is 18.1 Å². The fraction of sp³-hybridized carbons (Fsp3) is 0.353. The van der Waals surface area contributed by atoms with Gasteiger partial charge in [-0.2, -0.15) is 4.98 Å².